The minimum Gasteiger partial charge on any atom is -0.505 e. The van der Waals surface area contributed by atoms with E-state index in [4.69, 9.17) is 31.9 Å². The number of ether oxygens (including phenoxy) is 1. The molecule has 1 heterocycles. The molecule has 10 nitrogen and oxygen atoms in total. The lowest BCUT2D eigenvalue weighted by molar-refractivity contribution is -0.147. The van der Waals surface area contributed by atoms with Gasteiger partial charge in [-0.05, 0) is 0 Å². The maximum atomic E-state index is 10.5. The van der Waals surface area contributed by atoms with Gasteiger partial charge >= 0.3 is 5.97 Å². The van der Waals surface area contributed by atoms with Crippen molar-refractivity contribution in [1.82, 2.24) is 10.6 Å². The lowest BCUT2D eigenvalue weighted by atomic mass is 10.2. The summed E-state index contributed by atoms with van der Waals surface area (Å²) in [5.41, 5.74) is 10.5. The zero-order valence-corrected chi connectivity index (χ0v) is 12.4. The van der Waals surface area contributed by atoms with Gasteiger partial charge in [0.25, 0.3) is 0 Å². The molecule has 0 aromatic carbocycles. The molecule has 130 valence electrons. The van der Waals surface area contributed by atoms with E-state index in [9.17, 15) is 4.79 Å². The normalized spacial score (nSPS) is 18.7. The number of esters is 1. The quantitative estimate of drug-likeness (QED) is 0.158. The van der Waals surface area contributed by atoms with Crippen LogP contribution in [0.1, 0.15) is 0 Å². The van der Waals surface area contributed by atoms with Gasteiger partial charge in [0.05, 0.1) is 6.61 Å². The highest BCUT2D eigenvalue weighted by atomic mass is 16.6. The van der Waals surface area contributed by atoms with Gasteiger partial charge in [-0.15, -0.1) is 0 Å². The van der Waals surface area contributed by atoms with Crippen molar-refractivity contribution in [2.45, 2.75) is 12.2 Å². The molecule has 0 saturated heterocycles. The predicted molar refractivity (Wildman–Crippen MR) is 79.1 cm³/mol. The predicted octanol–water partition coefficient (Wildman–Crippen LogP) is -3.32. The molecule has 0 spiro atoms. The number of hydrogen-bond acceptors (Lipinski definition) is 10. The molecule has 0 bridgehead atoms. The van der Waals surface area contributed by atoms with Crippen molar-refractivity contribution < 1.29 is 30.0 Å². The highest BCUT2D eigenvalue weighted by molar-refractivity contribution is 5.89. The standard InChI is InChI=1S/C6H18N4.C6H8O6/c7-1-3-9-5-6-10-4-2-8;7-1-2(8)5-3(9)4(10)6(11)12-5/h9-10H,1-8H2;2,5,7-10H,1H2/t;2-,5+/m.0/s1. The third-order valence-corrected chi connectivity index (χ3v) is 2.60. The number of rotatable bonds is 9. The van der Waals surface area contributed by atoms with Crippen LogP contribution in [0.3, 0.4) is 0 Å². The lowest BCUT2D eigenvalue weighted by Gasteiger charge is -2.13. The van der Waals surface area contributed by atoms with Crippen molar-refractivity contribution in [1.29, 1.82) is 0 Å². The lowest BCUT2D eigenvalue weighted by Crippen LogP contribution is -2.32. The molecular weight excluding hydrogens is 296 g/mol. The summed E-state index contributed by atoms with van der Waals surface area (Å²) in [5.74, 6) is -2.78. The minimum atomic E-state index is -1.42. The average Bonchev–Trinajstić information content (AvgIpc) is 2.78. The molecule has 0 aromatic heterocycles. The highest BCUT2D eigenvalue weighted by Crippen LogP contribution is 2.20. The fourth-order valence-electron chi connectivity index (χ4n) is 1.45. The van der Waals surface area contributed by atoms with Crippen molar-refractivity contribution >= 4 is 5.97 Å². The van der Waals surface area contributed by atoms with Crippen molar-refractivity contribution in [3.8, 4) is 0 Å². The molecule has 0 saturated carbocycles. The number of aliphatic hydroxyl groups is 4. The molecule has 1 rings (SSSR count). The van der Waals surface area contributed by atoms with Crippen LogP contribution in [0, 0.1) is 0 Å². The maximum Gasteiger partial charge on any atom is 0.377 e. The Kier molecular flexibility index (Phi) is 11.4. The first-order valence-corrected chi connectivity index (χ1v) is 6.93. The Balaban J connectivity index is 0.000000409. The summed E-state index contributed by atoms with van der Waals surface area (Å²) in [5, 5.41) is 41.4. The monoisotopic (exact) mass is 322 g/mol. The number of hydrogen-bond donors (Lipinski definition) is 8. The molecule has 10 heteroatoms. The zero-order chi connectivity index (χ0) is 17.0. The average molecular weight is 322 g/mol. The summed E-state index contributed by atoms with van der Waals surface area (Å²) in [6.45, 7) is 4.46. The first kappa shape index (κ1) is 20.6. The fraction of sp³-hybridized carbons (Fsp3) is 0.750. The summed E-state index contributed by atoms with van der Waals surface area (Å²) in [4.78, 5) is 10.5. The van der Waals surface area contributed by atoms with Gasteiger partial charge in [-0.1, -0.05) is 0 Å². The molecule has 0 amide bonds. The van der Waals surface area contributed by atoms with Crippen LogP contribution in [0.2, 0.25) is 0 Å². The Morgan fingerprint density at radius 3 is 1.91 bits per heavy atom. The summed E-state index contributed by atoms with van der Waals surface area (Å²) < 4.78 is 4.32. The summed E-state index contributed by atoms with van der Waals surface area (Å²) in [6.07, 6.45) is -2.78. The number of nitrogens with two attached hydrogens (primary N) is 2. The van der Waals surface area contributed by atoms with Crippen molar-refractivity contribution in [3.63, 3.8) is 0 Å². The first-order chi connectivity index (χ1) is 10.5. The number of cyclic esters (lactones) is 1. The van der Waals surface area contributed by atoms with E-state index >= 15 is 0 Å². The van der Waals surface area contributed by atoms with Crippen LogP contribution in [0.4, 0.5) is 0 Å². The molecule has 0 fully saturated rings. The molecular formula is C12H26N4O6. The van der Waals surface area contributed by atoms with E-state index in [1.54, 1.807) is 0 Å². The van der Waals surface area contributed by atoms with Crippen molar-refractivity contribution in [2.75, 3.05) is 45.9 Å². The fourth-order valence-corrected chi connectivity index (χ4v) is 1.45. The Labute approximate surface area is 128 Å². The molecule has 1 aliphatic heterocycles. The topological polar surface area (TPSA) is 183 Å². The number of aliphatic hydroxyl groups excluding tert-OH is 4. The summed E-state index contributed by atoms with van der Waals surface area (Å²) in [6, 6.07) is 0. The van der Waals surface area contributed by atoms with Crippen LogP contribution in [0.5, 0.6) is 0 Å². The first-order valence-electron chi connectivity index (χ1n) is 6.93. The van der Waals surface area contributed by atoms with Crippen LogP contribution >= 0.6 is 0 Å². The second kappa shape index (κ2) is 12.1. The number of nitrogens with one attached hydrogen (secondary N) is 2. The molecule has 2 atom stereocenters. The van der Waals surface area contributed by atoms with Gasteiger partial charge < -0.3 is 47.3 Å². The Morgan fingerprint density at radius 1 is 1.09 bits per heavy atom. The Hall–Kier alpha value is -1.43. The van der Waals surface area contributed by atoms with Crippen LogP contribution < -0.4 is 22.1 Å². The molecule has 10 N–H and O–H groups in total. The molecule has 0 aliphatic carbocycles. The molecule has 1 aliphatic rings. The van der Waals surface area contributed by atoms with Crippen LogP contribution in [0.15, 0.2) is 11.5 Å². The van der Waals surface area contributed by atoms with Gasteiger partial charge in [0, 0.05) is 39.3 Å². The van der Waals surface area contributed by atoms with Crippen molar-refractivity contribution in [2.24, 2.45) is 11.5 Å². The second-order valence-corrected chi connectivity index (χ2v) is 4.39. The SMILES string of the molecule is NCCNCCNCCN.O=C1O[C@H]([C@@H](O)CO)C(O)=C1O. The molecule has 0 unspecified atom stereocenters. The van der Waals surface area contributed by atoms with E-state index in [2.05, 4.69) is 15.4 Å². The van der Waals surface area contributed by atoms with Gasteiger partial charge in [-0.2, -0.15) is 0 Å². The zero-order valence-electron chi connectivity index (χ0n) is 12.4. The molecule has 0 aromatic rings. The third kappa shape index (κ3) is 7.54. The minimum absolute atomic E-state index is 0.671. The van der Waals surface area contributed by atoms with Gasteiger partial charge in [0.2, 0.25) is 5.76 Å². The smallest absolute Gasteiger partial charge is 0.377 e. The largest absolute Gasteiger partial charge is 0.505 e. The summed E-state index contributed by atoms with van der Waals surface area (Å²) >= 11 is 0. The van der Waals surface area contributed by atoms with Crippen LogP contribution in [0.25, 0.3) is 0 Å². The van der Waals surface area contributed by atoms with E-state index in [-0.39, 0.29) is 0 Å². The van der Waals surface area contributed by atoms with Gasteiger partial charge in [-0.25, -0.2) is 4.79 Å². The van der Waals surface area contributed by atoms with Gasteiger partial charge in [0.1, 0.15) is 6.10 Å². The third-order valence-electron chi connectivity index (χ3n) is 2.60. The van der Waals surface area contributed by atoms with Crippen LogP contribution in [-0.4, -0.2) is 84.5 Å². The van der Waals surface area contributed by atoms with E-state index in [1.807, 2.05) is 0 Å². The number of carbonyl (C=O) groups excluding carboxylic acids is 1. The van der Waals surface area contributed by atoms with Crippen LogP contribution in [-0.2, 0) is 9.53 Å². The highest BCUT2D eigenvalue weighted by Gasteiger charge is 2.38. The van der Waals surface area contributed by atoms with Gasteiger partial charge in [-0.3, -0.25) is 0 Å². The molecule has 22 heavy (non-hydrogen) atoms. The maximum absolute atomic E-state index is 10.5. The second-order valence-electron chi connectivity index (χ2n) is 4.39. The number of carbonyl (C=O) groups is 1. The molecule has 0 radical (unpaired) electrons. The Bertz CT molecular complexity index is 345. The van der Waals surface area contributed by atoms with E-state index < -0.39 is 36.3 Å². The van der Waals surface area contributed by atoms with E-state index in [1.165, 1.54) is 0 Å². The van der Waals surface area contributed by atoms with Gasteiger partial charge in [0.15, 0.2) is 11.9 Å². The van der Waals surface area contributed by atoms with Crippen molar-refractivity contribution in [3.05, 3.63) is 11.5 Å². The van der Waals surface area contributed by atoms with E-state index in [0.29, 0.717) is 13.1 Å². The van der Waals surface area contributed by atoms with E-state index in [0.717, 1.165) is 26.2 Å². The summed E-state index contributed by atoms with van der Waals surface area (Å²) in [7, 11) is 0. The Morgan fingerprint density at radius 2 is 1.59 bits per heavy atom.